The Morgan fingerprint density at radius 2 is 2.09 bits per heavy atom. The van der Waals surface area contributed by atoms with Crippen molar-refractivity contribution in [3.05, 3.63) is 0 Å². The predicted octanol–water partition coefficient (Wildman–Crippen LogP) is 1.69. The number of hydrogen-bond donors (Lipinski definition) is 1. The molecular formula is C8H13ClO2. The summed E-state index contributed by atoms with van der Waals surface area (Å²) in [5, 5.41) is 9.08. The lowest BCUT2D eigenvalue weighted by Crippen LogP contribution is -2.25. The second-order valence-electron chi connectivity index (χ2n) is 3.17. The molecule has 2 unspecified atom stereocenters. The van der Waals surface area contributed by atoms with E-state index in [9.17, 15) is 9.90 Å². The lowest BCUT2D eigenvalue weighted by molar-refractivity contribution is -0.113. The van der Waals surface area contributed by atoms with Gasteiger partial charge in [-0.25, -0.2) is 0 Å². The molecule has 1 fully saturated rings. The second kappa shape index (κ2) is 4.07. The molecular weight excluding hydrogens is 164 g/mol. The quantitative estimate of drug-likeness (QED) is 0.651. The summed E-state index contributed by atoms with van der Waals surface area (Å²) in [5.41, 5.74) is 0. The average Bonchev–Trinajstić information content (AvgIpc) is 1.93. The Kier molecular flexibility index (Phi) is 3.34. The normalized spacial score (nSPS) is 31.8. The van der Waals surface area contributed by atoms with Gasteiger partial charge in [-0.1, -0.05) is 12.8 Å². The first-order valence-corrected chi connectivity index (χ1v) is 4.44. The van der Waals surface area contributed by atoms with Crippen LogP contribution in [0.2, 0.25) is 0 Å². The van der Waals surface area contributed by atoms with Crippen LogP contribution in [-0.4, -0.2) is 16.5 Å². The topological polar surface area (TPSA) is 37.3 Å². The highest BCUT2D eigenvalue weighted by atomic mass is 35.5. The number of hydrogen-bond acceptors (Lipinski definition) is 2. The maximum atomic E-state index is 10.5. The zero-order chi connectivity index (χ0) is 8.27. The number of rotatable bonds is 2. The van der Waals surface area contributed by atoms with Gasteiger partial charge in [0.2, 0.25) is 5.24 Å². The highest BCUT2D eigenvalue weighted by Gasteiger charge is 2.24. The third-order valence-corrected chi connectivity index (χ3v) is 2.45. The van der Waals surface area contributed by atoms with E-state index in [4.69, 9.17) is 11.6 Å². The standard InChI is InChI=1S/C8H13ClO2/c9-8(11)5-6-3-1-2-4-7(6)10/h6-7,10H,1-5H2. The molecule has 0 aromatic heterocycles. The zero-order valence-corrected chi connectivity index (χ0v) is 7.18. The fraction of sp³-hybridized carbons (Fsp3) is 0.875. The molecule has 0 spiro atoms. The summed E-state index contributed by atoms with van der Waals surface area (Å²) in [7, 11) is 0. The first-order chi connectivity index (χ1) is 5.20. The Morgan fingerprint density at radius 3 is 2.64 bits per heavy atom. The van der Waals surface area contributed by atoms with Gasteiger partial charge in [-0.15, -0.1) is 0 Å². The van der Waals surface area contributed by atoms with Crippen LogP contribution in [0.4, 0.5) is 0 Å². The van der Waals surface area contributed by atoms with Crippen LogP contribution >= 0.6 is 11.6 Å². The van der Waals surface area contributed by atoms with Crippen LogP contribution in [0.1, 0.15) is 32.1 Å². The molecule has 0 saturated heterocycles. The van der Waals surface area contributed by atoms with Crippen molar-refractivity contribution < 1.29 is 9.90 Å². The fourth-order valence-corrected chi connectivity index (χ4v) is 1.83. The maximum absolute atomic E-state index is 10.5. The largest absolute Gasteiger partial charge is 0.393 e. The number of carbonyl (C=O) groups excluding carboxylic acids is 1. The highest BCUT2D eigenvalue weighted by Crippen LogP contribution is 2.27. The van der Waals surface area contributed by atoms with E-state index in [-0.39, 0.29) is 17.3 Å². The van der Waals surface area contributed by atoms with Gasteiger partial charge in [0, 0.05) is 6.42 Å². The van der Waals surface area contributed by atoms with Crippen molar-refractivity contribution in [2.45, 2.75) is 38.2 Å². The minimum absolute atomic E-state index is 0.119. The molecule has 0 bridgehead atoms. The van der Waals surface area contributed by atoms with Crippen LogP contribution in [0.25, 0.3) is 0 Å². The smallest absolute Gasteiger partial charge is 0.222 e. The molecule has 1 aliphatic carbocycles. The second-order valence-corrected chi connectivity index (χ2v) is 3.59. The van der Waals surface area contributed by atoms with Crippen LogP contribution in [0, 0.1) is 5.92 Å². The minimum Gasteiger partial charge on any atom is -0.393 e. The van der Waals surface area contributed by atoms with E-state index in [0.29, 0.717) is 6.42 Å². The summed E-state index contributed by atoms with van der Waals surface area (Å²) in [6.45, 7) is 0. The summed E-state index contributed by atoms with van der Waals surface area (Å²) in [5.74, 6) is 0.119. The van der Waals surface area contributed by atoms with Gasteiger partial charge in [-0.05, 0) is 30.4 Å². The lowest BCUT2D eigenvalue weighted by Gasteiger charge is -2.25. The SMILES string of the molecule is O=C(Cl)CC1CCCCC1O. The van der Waals surface area contributed by atoms with E-state index in [1.807, 2.05) is 0 Å². The molecule has 2 nitrogen and oxygen atoms in total. The van der Waals surface area contributed by atoms with Gasteiger partial charge < -0.3 is 5.11 Å². The first kappa shape index (κ1) is 9.01. The predicted molar refractivity (Wildman–Crippen MR) is 43.4 cm³/mol. The maximum Gasteiger partial charge on any atom is 0.222 e. The fourth-order valence-electron chi connectivity index (χ4n) is 1.63. The first-order valence-electron chi connectivity index (χ1n) is 4.06. The van der Waals surface area contributed by atoms with Gasteiger partial charge in [0.25, 0.3) is 0 Å². The van der Waals surface area contributed by atoms with Gasteiger partial charge in [0.15, 0.2) is 0 Å². The zero-order valence-electron chi connectivity index (χ0n) is 6.42. The highest BCUT2D eigenvalue weighted by molar-refractivity contribution is 6.63. The molecule has 64 valence electrons. The minimum atomic E-state index is -0.323. The van der Waals surface area contributed by atoms with Crippen molar-refractivity contribution in [2.24, 2.45) is 5.92 Å². The number of carbonyl (C=O) groups is 1. The van der Waals surface area contributed by atoms with Crippen molar-refractivity contribution in [2.75, 3.05) is 0 Å². The van der Waals surface area contributed by atoms with E-state index in [0.717, 1.165) is 25.7 Å². The third-order valence-electron chi connectivity index (χ3n) is 2.29. The molecule has 2 atom stereocenters. The Labute approximate surface area is 71.5 Å². The molecule has 0 heterocycles. The van der Waals surface area contributed by atoms with Gasteiger partial charge >= 0.3 is 0 Å². The molecule has 3 heteroatoms. The van der Waals surface area contributed by atoms with E-state index in [2.05, 4.69) is 0 Å². The van der Waals surface area contributed by atoms with Gasteiger partial charge in [0.05, 0.1) is 6.10 Å². The summed E-state index contributed by atoms with van der Waals surface area (Å²) in [4.78, 5) is 10.5. The Bertz CT molecular complexity index is 147. The van der Waals surface area contributed by atoms with Crippen LogP contribution < -0.4 is 0 Å². The molecule has 0 radical (unpaired) electrons. The van der Waals surface area contributed by atoms with Crippen LogP contribution in [-0.2, 0) is 4.79 Å². The molecule has 0 aliphatic heterocycles. The molecule has 0 aromatic rings. The third kappa shape index (κ3) is 2.80. The van der Waals surface area contributed by atoms with Gasteiger partial charge in [-0.3, -0.25) is 4.79 Å². The monoisotopic (exact) mass is 176 g/mol. The molecule has 0 aromatic carbocycles. The van der Waals surface area contributed by atoms with Crippen molar-refractivity contribution >= 4 is 16.8 Å². The van der Waals surface area contributed by atoms with Gasteiger partial charge in [-0.2, -0.15) is 0 Å². The molecule has 1 saturated carbocycles. The molecule has 1 aliphatic rings. The van der Waals surface area contributed by atoms with Crippen molar-refractivity contribution in [3.63, 3.8) is 0 Å². The summed E-state index contributed by atoms with van der Waals surface area (Å²) < 4.78 is 0. The van der Waals surface area contributed by atoms with Crippen molar-refractivity contribution in [1.82, 2.24) is 0 Å². The van der Waals surface area contributed by atoms with Crippen LogP contribution in [0.5, 0.6) is 0 Å². The number of aliphatic hydroxyl groups is 1. The molecule has 11 heavy (non-hydrogen) atoms. The van der Waals surface area contributed by atoms with E-state index < -0.39 is 0 Å². The molecule has 0 amide bonds. The summed E-state index contributed by atoms with van der Waals surface area (Å²) in [6.07, 6.45) is 4.00. The van der Waals surface area contributed by atoms with Crippen molar-refractivity contribution in [1.29, 1.82) is 0 Å². The van der Waals surface area contributed by atoms with Crippen LogP contribution in [0.3, 0.4) is 0 Å². The Morgan fingerprint density at radius 1 is 1.45 bits per heavy atom. The Hall–Kier alpha value is -0.0800. The average molecular weight is 177 g/mol. The molecule has 1 rings (SSSR count). The number of aliphatic hydroxyl groups excluding tert-OH is 1. The summed E-state index contributed by atoms with van der Waals surface area (Å²) >= 11 is 5.23. The number of halogens is 1. The van der Waals surface area contributed by atoms with E-state index >= 15 is 0 Å². The van der Waals surface area contributed by atoms with E-state index in [1.165, 1.54) is 0 Å². The van der Waals surface area contributed by atoms with Crippen molar-refractivity contribution in [3.8, 4) is 0 Å². The van der Waals surface area contributed by atoms with Gasteiger partial charge in [0.1, 0.15) is 0 Å². The van der Waals surface area contributed by atoms with E-state index in [1.54, 1.807) is 0 Å². The Balaban J connectivity index is 2.35. The summed E-state index contributed by atoms with van der Waals surface area (Å²) in [6, 6.07) is 0. The van der Waals surface area contributed by atoms with Crippen LogP contribution in [0.15, 0.2) is 0 Å². The molecule has 1 N–H and O–H groups in total. The lowest BCUT2D eigenvalue weighted by atomic mass is 9.85.